The van der Waals surface area contributed by atoms with Gasteiger partial charge in [-0.2, -0.15) is 0 Å². The Morgan fingerprint density at radius 3 is 2.40 bits per heavy atom. The number of carbonyl (C=O) groups is 1. The fourth-order valence-corrected chi connectivity index (χ4v) is 6.15. The van der Waals surface area contributed by atoms with Gasteiger partial charge in [0.15, 0.2) is 0 Å². The second-order valence-corrected chi connectivity index (χ2v) is 11.7. The molecule has 1 aromatic heterocycles. The number of carbonyl (C=O) groups excluding carboxylic acids is 1. The number of amides is 2. The number of hydrogen-bond donors (Lipinski definition) is 1. The van der Waals surface area contributed by atoms with E-state index in [0.29, 0.717) is 37.9 Å². The Labute approximate surface area is 207 Å². The van der Waals surface area contributed by atoms with Gasteiger partial charge in [-0.15, -0.1) is 0 Å². The number of alkyl halides is 2. The van der Waals surface area contributed by atoms with Crippen molar-refractivity contribution in [2.45, 2.75) is 101 Å². The summed E-state index contributed by atoms with van der Waals surface area (Å²) in [7, 11) is 0. The zero-order valence-corrected chi connectivity index (χ0v) is 21.4. The molecule has 9 heteroatoms. The van der Waals surface area contributed by atoms with Crippen LogP contribution in [0.4, 0.5) is 13.6 Å². The zero-order valence-electron chi connectivity index (χ0n) is 21.4. The summed E-state index contributed by atoms with van der Waals surface area (Å²) < 4.78 is 35.8. The molecule has 0 bridgehead atoms. The highest BCUT2D eigenvalue weighted by atomic mass is 19.3. The maximum atomic E-state index is 15.1. The second kappa shape index (κ2) is 9.61. The Morgan fingerprint density at radius 1 is 1.09 bits per heavy atom. The van der Waals surface area contributed by atoms with Crippen LogP contribution in [0.2, 0.25) is 0 Å². The molecule has 4 fully saturated rings. The molecule has 3 heterocycles. The molecule has 35 heavy (non-hydrogen) atoms. The smallest absolute Gasteiger partial charge is 0.317 e. The van der Waals surface area contributed by atoms with Crippen LogP contribution in [0.25, 0.3) is 0 Å². The Balaban J connectivity index is 1.20. The number of nitrogens with zero attached hydrogens (tertiary/aromatic N) is 4. The number of rotatable bonds is 5. The number of halogens is 2. The topological polar surface area (TPSA) is 64.8 Å². The second-order valence-electron chi connectivity index (χ2n) is 11.7. The van der Waals surface area contributed by atoms with Gasteiger partial charge in [0, 0.05) is 75.2 Å². The number of likely N-dealkylation sites (tertiary alicyclic amines) is 1. The molecule has 2 aliphatic carbocycles. The standard InChI is InChI=1S/C26H41F2N5O2/c1-18(2)31-13-15-32(16-14-31)20-5-4-8-26(27,28)23(20)29-24(34)33-11-9-25(3,10-12-33)22-17-21(35-30-22)19-6-7-19/h17-20,23H,4-16H2,1-3H3,(H,29,34)/t20-,23+/m0/s1. The summed E-state index contributed by atoms with van der Waals surface area (Å²) in [6.07, 6.45) is 4.87. The van der Waals surface area contributed by atoms with Gasteiger partial charge in [0.05, 0.1) is 5.69 Å². The number of hydrogen-bond acceptors (Lipinski definition) is 5. The minimum Gasteiger partial charge on any atom is -0.361 e. The van der Waals surface area contributed by atoms with Crippen LogP contribution >= 0.6 is 0 Å². The lowest BCUT2D eigenvalue weighted by Gasteiger charge is -2.48. The lowest BCUT2D eigenvalue weighted by atomic mass is 9.77. The Bertz CT molecular complexity index is 886. The van der Waals surface area contributed by atoms with E-state index in [9.17, 15) is 4.79 Å². The number of urea groups is 1. The van der Waals surface area contributed by atoms with E-state index in [1.807, 2.05) is 0 Å². The molecule has 5 rings (SSSR count). The molecule has 1 N–H and O–H groups in total. The molecule has 2 saturated heterocycles. The minimum atomic E-state index is -2.89. The van der Waals surface area contributed by atoms with Crippen molar-refractivity contribution in [3.05, 3.63) is 17.5 Å². The van der Waals surface area contributed by atoms with Gasteiger partial charge in [-0.1, -0.05) is 12.1 Å². The number of nitrogens with one attached hydrogen (secondary N) is 1. The highest BCUT2D eigenvalue weighted by Crippen LogP contribution is 2.43. The van der Waals surface area contributed by atoms with Crippen LogP contribution in [0.3, 0.4) is 0 Å². The van der Waals surface area contributed by atoms with E-state index in [1.54, 1.807) is 4.90 Å². The molecule has 7 nitrogen and oxygen atoms in total. The quantitative estimate of drug-likeness (QED) is 0.666. The maximum absolute atomic E-state index is 15.1. The molecule has 0 unspecified atom stereocenters. The normalized spacial score (nSPS) is 29.9. The van der Waals surface area contributed by atoms with Crippen LogP contribution in [0.5, 0.6) is 0 Å². The van der Waals surface area contributed by atoms with Gasteiger partial charge in [-0.25, -0.2) is 13.6 Å². The summed E-state index contributed by atoms with van der Waals surface area (Å²) in [5, 5.41) is 7.13. The van der Waals surface area contributed by atoms with Crippen molar-refractivity contribution in [2.24, 2.45) is 0 Å². The first-order chi connectivity index (χ1) is 16.7. The van der Waals surface area contributed by atoms with Crippen molar-refractivity contribution < 1.29 is 18.1 Å². The average molecular weight is 494 g/mol. The maximum Gasteiger partial charge on any atom is 0.317 e. The molecular weight excluding hydrogens is 452 g/mol. The molecule has 0 aromatic carbocycles. The van der Waals surface area contributed by atoms with E-state index in [1.165, 1.54) is 12.8 Å². The van der Waals surface area contributed by atoms with E-state index in [2.05, 4.69) is 47.1 Å². The van der Waals surface area contributed by atoms with Gasteiger partial charge in [0.2, 0.25) is 0 Å². The van der Waals surface area contributed by atoms with Gasteiger partial charge in [-0.3, -0.25) is 9.80 Å². The third kappa shape index (κ3) is 5.22. The van der Waals surface area contributed by atoms with Crippen molar-refractivity contribution >= 4 is 6.03 Å². The van der Waals surface area contributed by atoms with Gasteiger partial charge in [0.1, 0.15) is 11.8 Å². The van der Waals surface area contributed by atoms with Crippen molar-refractivity contribution in [1.29, 1.82) is 0 Å². The SMILES string of the molecule is CC(C)N1CCN([C@H]2CCCC(F)(F)[C@@H]2NC(=O)N2CCC(C)(c3cc(C4CC4)on3)CC2)CC1. The van der Waals surface area contributed by atoms with Crippen LogP contribution in [-0.2, 0) is 5.41 Å². The van der Waals surface area contributed by atoms with E-state index in [4.69, 9.17) is 4.52 Å². The lowest BCUT2D eigenvalue weighted by Crippen LogP contribution is -2.66. The monoisotopic (exact) mass is 493 g/mol. The fourth-order valence-electron chi connectivity index (χ4n) is 6.15. The van der Waals surface area contributed by atoms with Gasteiger partial charge >= 0.3 is 6.03 Å². The molecule has 0 spiro atoms. The van der Waals surface area contributed by atoms with E-state index in [0.717, 1.165) is 50.5 Å². The number of piperidine rings is 1. The third-order valence-electron chi connectivity index (χ3n) is 8.96. The summed E-state index contributed by atoms with van der Waals surface area (Å²) >= 11 is 0. The third-order valence-corrected chi connectivity index (χ3v) is 8.96. The molecule has 2 amide bonds. The summed E-state index contributed by atoms with van der Waals surface area (Å²) in [6, 6.07) is 0.730. The fraction of sp³-hybridized carbons (Fsp3) is 0.846. The molecular formula is C26H41F2N5O2. The molecule has 196 valence electrons. The van der Waals surface area contributed by atoms with Crippen LogP contribution in [0, 0.1) is 0 Å². The van der Waals surface area contributed by atoms with Gasteiger partial charge in [-0.05, 0) is 52.4 Å². The van der Waals surface area contributed by atoms with E-state index >= 15 is 8.78 Å². The van der Waals surface area contributed by atoms with Crippen molar-refractivity contribution in [1.82, 2.24) is 25.2 Å². The van der Waals surface area contributed by atoms with Gasteiger partial charge in [0.25, 0.3) is 5.92 Å². The van der Waals surface area contributed by atoms with Crippen LogP contribution in [0.15, 0.2) is 10.6 Å². The van der Waals surface area contributed by atoms with Crippen LogP contribution in [0.1, 0.15) is 83.1 Å². The first-order valence-electron chi connectivity index (χ1n) is 13.5. The largest absolute Gasteiger partial charge is 0.361 e. The van der Waals surface area contributed by atoms with Crippen LogP contribution in [-0.4, -0.2) is 89.2 Å². The lowest BCUT2D eigenvalue weighted by molar-refractivity contribution is -0.0973. The van der Waals surface area contributed by atoms with E-state index in [-0.39, 0.29) is 23.9 Å². The van der Waals surface area contributed by atoms with Crippen molar-refractivity contribution in [2.75, 3.05) is 39.3 Å². The Morgan fingerprint density at radius 2 is 1.77 bits per heavy atom. The average Bonchev–Trinajstić information content (AvgIpc) is 3.56. The molecule has 0 radical (unpaired) electrons. The summed E-state index contributed by atoms with van der Waals surface area (Å²) in [4.78, 5) is 19.5. The minimum absolute atomic E-state index is 0.152. The van der Waals surface area contributed by atoms with Crippen molar-refractivity contribution in [3.8, 4) is 0 Å². The van der Waals surface area contributed by atoms with Gasteiger partial charge < -0.3 is 14.7 Å². The molecule has 2 aliphatic heterocycles. The first-order valence-corrected chi connectivity index (χ1v) is 13.5. The highest BCUT2D eigenvalue weighted by Gasteiger charge is 2.50. The summed E-state index contributed by atoms with van der Waals surface area (Å²) in [6.45, 7) is 10.9. The Hall–Kier alpha value is -1.74. The molecule has 1 aromatic rings. The molecule has 4 aliphatic rings. The van der Waals surface area contributed by atoms with E-state index < -0.39 is 12.0 Å². The predicted octanol–water partition coefficient (Wildman–Crippen LogP) is 4.20. The zero-order chi connectivity index (χ0) is 24.8. The molecule has 2 atom stereocenters. The van der Waals surface area contributed by atoms with Crippen molar-refractivity contribution in [3.63, 3.8) is 0 Å². The summed E-state index contributed by atoms with van der Waals surface area (Å²) in [5.74, 6) is -1.40. The Kier molecular flexibility index (Phi) is 6.85. The first kappa shape index (κ1) is 24.9. The number of piperazine rings is 1. The molecule has 2 saturated carbocycles. The number of aromatic nitrogens is 1. The highest BCUT2D eigenvalue weighted by molar-refractivity contribution is 5.75. The van der Waals surface area contributed by atoms with Crippen LogP contribution < -0.4 is 5.32 Å². The predicted molar refractivity (Wildman–Crippen MR) is 130 cm³/mol. The summed E-state index contributed by atoms with van der Waals surface area (Å²) in [5.41, 5.74) is 0.805.